The minimum absolute atomic E-state index is 0.0271. The third-order valence-electron chi connectivity index (χ3n) is 2.04. The van der Waals surface area contributed by atoms with Crippen LogP contribution in [0.3, 0.4) is 0 Å². The molecule has 0 radical (unpaired) electrons. The number of hydrogen-bond acceptors (Lipinski definition) is 1. The van der Waals surface area contributed by atoms with Crippen LogP contribution in [0.25, 0.3) is 0 Å². The SMILES string of the molecule is CC(Br)CN(C)C(=O)c1ccc(Br)c(Cl)c1. The van der Waals surface area contributed by atoms with Gasteiger partial charge in [-0.05, 0) is 34.1 Å². The van der Waals surface area contributed by atoms with Gasteiger partial charge in [0.1, 0.15) is 0 Å². The molecule has 1 aromatic carbocycles. The number of alkyl halides is 1. The fourth-order valence-electron chi connectivity index (χ4n) is 1.31. The maximum atomic E-state index is 12.0. The monoisotopic (exact) mass is 367 g/mol. The highest BCUT2D eigenvalue weighted by molar-refractivity contribution is 9.10. The van der Waals surface area contributed by atoms with Crippen LogP contribution in [0.2, 0.25) is 5.02 Å². The summed E-state index contributed by atoms with van der Waals surface area (Å²) in [6, 6.07) is 5.21. The molecule has 0 aliphatic carbocycles. The molecule has 0 bridgehead atoms. The third-order valence-corrected chi connectivity index (χ3v) is 3.56. The van der Waals surface area contributed by atoms with E-state index < -0.39 is 0 Å². The van der Waals surface area contributed by atoms with Crippen LogP contribution in [0.4, 0.5) is 0 Å². The molecule has 0 saturated carbocycles. The molecule has 88 valence electrons. The molecule has 1 unspecified atom stereocenters. The number of hydrogen-bond donors (Lipinski definition) is 0. The molecule has 16 heavy (non-hydrogen) atoms. The fraction of sp³-hybridized carbons (Fsp3) is 0.364. The first-order chi connectivity index (χ1) is 7.41. The quantitative estimate of drug-likeness (QED) is 0.739. The minimum atomic E-state index is -0.0271. The number of halogens is 3. The Morgan fingerprint density at radius 2 is 2.19 bits per heavy atom. The Hall–Kier alpha value is -0.0600. The van der Waals surface area contributed by atoms with Gasteiger partial charge in [0.05, 0.1) is 5.02 Å². The van der Waals surface area contributed by atoms with Gasteiger partial charge in [-0.25, -0.2) is 0 Å². The van der Waals surface area contributed by atoms with E-state index in [9.17, 15) is 4.79 Å². The van der Waals surface area contributed by atoms with E-state index >= 15 is 0 Å². The van der Waals surface area contributed by atoms with Crippen molar-refractivity contribution in [2.45, 2.75) is 11.8 Å². The molecule has 1 rings (SSSR count). The Bertz CT molecular complexity index is 396. The van der Waals surface area contributed by atoms with Gasteiger partial charge < -0.3 is 4.90 Å². The number of benzene rings is 1. The lowest BCUT2D eigenvalue weighted by atomic mass is 10.2. The first kappa shape index (κ1) is 14.0. The summed E-state index contributed by atoms with van der Waals surface area (Å²) >= 11 is 12.6. The Balaban J connectivity index is 2.84. The van der Waals surface area contributed by atoms with Crippen molar-refractivity contribution in [2.24, 2.45) is 0 Å². The van der Waals surface area contributed by atoms with Gasteiger partial charge in [0.15, 0.2) is 0 Å². The largest absolute Gasteiger partial charge is 0.341 e. The van der Waals surface area contributed by atoms with Crippen LogP contribution in [0.1, 0.15) is 17.3 Å². The summed E-state index contributed by atoms with van der Waals surface area (Å²) in [7, 11) is 1.77. The molecule has 0 spiro atoms. The van der Waals surface area contributed by atoms with E-state index in [4.69, 9.17) is 11.6 Å². The molecule has 1 aromatic rings. The molecule has 0 N–H and O–H groups in total. The second kappa shape index (κ2) is 6.03. The Morgan fingerprint density at radius 1 is 1.56 bits per heavy atom. The zero-order valence-corrected chi connectivity index (χ0v) is 12.9. The average Bonchev–Trinajstić information content (AvgIpc) is 2.20. The number of amides is 1. The highest BCUT2D eigenvalue weighted by Crippen LogP contribution is 2.23. The summed E-state index contributed by atoms with van der Waals surface area (Å²) in [5, 5.41) is 0.547. The predicted molar refractivity (Wildman–Crippen MR) is 74.5 cm³/mol. The lowest BCUT2D eigenvalue weighted by molar-refractivity contribution is 0.0797. The molecule has 0 aliphatic heterocycles. The van der Waals surface area contributed by atoms with Gasteiger partial charge in [0, 0.05) is 28.5 Å². The van der Waals surface area contributed by atoms with Crippen molar-refractivity contribution < 1.29 is 4.79 Å². The van der Waals surface area contributed by atoms with Crippen LogP contribution in [0.5, 0.6) is 0 Å². The summed E-state index contributed by atoms with van der Waals surface area (Å²) in [6.07, 6.45) is 0. The van der Waals surface area contributed by atoms with Crippen LogP contribution < -0.4 is 0 Å². The Labute approximate surface area is 117 Å². The van der Waals surface area contributed by atoms with Crippen molar-refractivity contribution in [3.8, 4) is 0 Å². The van der Waals surface area contributed by atoms with Gasteiger partial charge in [0.25, 0.3) is 5.91 Å². The highest BCUT2D eigenvalue weighted by Gasteiger charge is 2.14. The van der Waals surface area contributed by atoms with Gasteiger partial charge in [-0.2, -0.15) is 0 Å². The molecule has 0 fully saturated rings. The smallest absolute Gasteiger partial charge is 0.253 e. The molecular weight excluding hydrogens is 357 g/mol. The van der Waals surface area contributed by atoms with E-state index in [0.717, 1.165) is 4.47 Å². The molecule has 1 amide bonds. The first-order valence-corrected chi connectivity index (χ1v) is 6.85. The van der Waals surface area contributed by atoms with Gasteiger partial charge in [-0.3, -0.25) is 4.79 Å². The normalized spacial score (nSPS) is 12.3. The van der Waals surface area contributed by atoms with E-state index in [2.05, 4.69) is 31.9 Å². The molecule has 0 aliphatic rings. The number of carbonyl (C=O) groups is 1. The lowest BCUT2D eigenvalue weighted by Crippen LogP contribution is -2.31. The summed E-state index contributed by atoms with van der Waals surface area (Å²) in [4.78, 5) is 13.9. The summed E-state index contributed by atoms with van der Waals surface area (Å²) in [5.74, 6) is -0.0271. The zero-order chi connectivity index (χ0) is 12.3. The second-order valence-electron chi connectivity index (χ2n) is 3.60. The predicted octanol–water partition coefficient (Wildman–Crippen LogP) is 3.96. The number of nitrogens with zero attached hydrogens (tertiary/aromatic N) is 1. The number of carbonyl (C=O) groups excluding carboxylic acids is 1. The average molecular weight is 369 g/mol. The second-order valence-corrected chi connectivity index (χ2v) is 6.42. The maximum absolute atomic E-state index is 12.0. The van der Waals surface area contributed by atoms with Gasteiger partial charge >= 0.3 is 0 Å². The number of rotatable bonds is 3. The van der Waals surface area contributed by atoms with Crippen molar-refractivity contribution in [1.82, 2.24) is 4.90 Å². The standard InChI is InChI=1S/C11H12Br2ClNO/c1-7(12)6-15(2)11(16)8-3-4-9(13)10(14)5-8/h3-5,7H,6H2,1-2H3. The molecule has 0 aromatic heterocycles. The van der Waals surface area contributed by atoms with Crippen LogP contribution in [-0.4, -0.2) is 29.2 Å². The van der Waals surface area contributed by atoms with E-state index in [1.165, 1.54) is 0 Å². The lowest BCUT2D eigenvalue weighted by Gasteiger charge is -2.18. The summed E-state index contributed by atoms with van der Waals surface area (Å²) < 4.78 is 0.794. The molecule has 1 atom stereocenters. The molecule has 0 saturated heterocycles. The highest BCUT2D eigenvalue weighted by atomic mass is 79.9. The van der Waals surface area contributed by atoms with Crippen molar-refractivity contribution in [3.05, 3.63) is 33.3 Å². The van der Waals surface area contributed by atoms with Crippen LogP contribution >= 0.6 is 43.5 Å². The van der Waals surface area contributed by atoms with Crippen LogP contribution in [-0.2, 0) is 0 Å². The topological polar surface area (TPSA) is 20.3 Å². The minimum Gasteiger partial charge on any atom is -0.341 e. The van der Waals surface area contributed by atoms with Crippen molar-refractivity contribution in [3.63, 3.8) is 0 Å². The molecule has 5 heteroatoms. The van der Waals surface area contributed by atoms with E-state index in [0.29, 0.717) is 17.1 Å². The van der Waals surface area contributed by atoms with E-state index in [1.807, 2.05) is 6.92 Å². The van der Waals surface area contributed by atoms with Crippen molar-refractivity contribution >= 4 is 49.4 Å². The summed E-state index contributed by atoms with van der Waals surface area (Å²) in [5.41, 5.74) is 0.601. The Kier molecular flexibility index (Phi) is 5.28. The maximum Gasteiger partial charge on any atom is 0.253 e. The fourth-order valence-corrected chi connectivity index (χ4v) is 2.17. The van der Waals surface area contributed by atoms with Crippen molar-refractivity contribution in [1.29, 1.82) is 0 Å². The van der Waals surface area contributed by atoms with E-state index in [1.54, 1.807) is 30.1 Å². The summed E-state index contributed by atoms with van der Waals surface area (Å²) in [6.45, 7) is 2.66. The van der Waals surface area contributed by atoms with Gasteiger partial charge in [0.2, 0.25) is 0 Å². The zero-order valence-electron chi connectivity index (χ0n) is 9.01. The van der Waals surface area contributed by atoms with Gasteiger partial charge in [-0.15, -0.1) is 0 Å². The first-order valence-electron chi connectivity index (χ1n) is 4.76. The Morgan fingerprint density at radius 3 is 2.69 bits per heavy atom. The van der Waals surface area contributed by atoms with E-state index in [-0.39, 0.29) is 10.7 Å². The van der Waals surface area contributed by atoms with Crippen LogP contribution in [0, 0.1) is 0 Å². The van der Waals surface area contributed by atoms with Gasteiger partial charge in [-0.1, -0.05) is 34.5 Å². The van der Waals surface area contributed by atoms with Crippen molar-refractivity contribution in [2.75, 3.05) is 13.6 Å². The third kappa shape index (κ3) is 3.75. The molecular formula is C11H12Br2ClNO. The van der Waals surface area contributed by atoms with Crippen LogP contribution in [0.15, 0.2) is 22.7 Å². The molecule has 0 heterocycles. The molecule has 2 nitrogen and oxygen atoms in total.